The summed E-state index contributed by atoms with van der Waals surface area (Å²) in [5.74, 6) is 5.20. The number of nitrogens with two attached hydrogens (primary N) is 1. The maximum atomic E-state index is 12.5. The van der Waals surface area contributed by atoms with E-state index in [0.29, 0.717) is 0 Å². The van der Waals surface area contributed by atoms with Crippen molar-refractivity contribution in [3.63, 3.8) is 0 Å². The molecule has 0 atom stereocenters. The first-order valence-electron chi connectivity index (χ1n) is 4.73. The van der Waals surface area contributed by atoms with E-state index in [0.717, 1.165) is 18.2 Å². The number of nitrogens with zero attached hydrogens (tertiary/aromatic N) is 2. The number of rotatable bonds is 2. The maximum Gasteiger partial charge on any atom is 0.416 e. The van der Waals surface area contributed by atoms with Crippen molar-refractivity contribution in [3.8, 4) is 12.1 Å². The van der Waals surface area contributed by atoms with Gasteiger partial charge in [0.1, 0.15) is 12.1 Å². The van der Waals surface area contributed by atoms with E-state index in [-0.39, 0.29) is 21.3 Å². The van der Waals surface area contributed by atoms with E-state index in [9.17, 15) is 13.2 Å². The normalized spacial score (nSPS) is 10.3. The molecule has 1 aromatic rings. The number of hydrazine groups is 1. The molecule has 19 heavy (non-hydrogen) atoms. The van der Waals surface area contributed by atoms with Crippen LogP contribution in [0.4, 0.5) is 13.2 Å². The Balaban J connectivity index is 3.44. The van der Waals surface area contributed by atoms with Crippen molar-refractivity contribution in [1.29, 1.82) is 10.5 Å². The van der Waals surface area contributed by atoms with Crippen LogP contribution in [-0.2, 0) is 6.18 Å². The summed E-state index contributed by atoms with van der Waals surface area (Å²) in [5, 5.41) is 17.5. The molecular weight excluding hydrogens is 325 g/mol. The van der Waals surface area contributed by atoms with Crippen LogP contribution in [0.2, 0.25) is 0 Å². The van der Waals surface area contributed by atoms with Gasteiger partial charge in [0.05, 0.1) is 11.3 Å². The van der Waals surface area contributed by atoms with E-state index >= 15 is 0 Å². The van der Waals surface area contributed by atoms with Crippen molar-refractivity contribution in [2.45, 2.75) is 6.18 Å². The number of hydrogen-bond donors (Lipinski definition) is 2. The molecule has 0 aliphatic heterocycles. The van der Waals surface area contributed by atoms with Gasteiger partial charge in [0.25, 0.3) is 0 Å². The second-order valence-electron chi connectivity index (χ2n) is 3.31. The van der Waals surface area contributed by atoms with Crippen LogP contribution >= 0.6 is 15.9 Å². The summed E-state index contributed by atoms with van der Waals surface area (Å²) in [7, 11) is 0. The van der Waals surface area contributed by atoms with Gasteiger partial charge in [-0.2, -0.15) is 23.7 Å². The summed E-state index contributed by atoms with van der Waals surface area (Å²) in [6, 6.07) is 6.02. The van der Waals surface area contributed by atoms with Crippen molar-refractivity contribution in [3.05, 3.63) is 39.4 Å². The lowest BCUT2D eigenvalue weighted by molar-refractivity contribution is -0.137. The van der Waals surface area contributed by atoms with Crippen molar-refractivity contribution < 1.29 is 13.2 Å². The smallest absolute Gasteiger partial charge is 0.322 e. The first-order valence-corrected chi connectivity index (χ1v) is 5.52. The fourth-order valence-electron chi connectivity index (χ4n) is 1.32. The van der Waals surface area contributed by atoms with Gasteiger partial charge < -0.3 is 5.43 Å². The van der Waals surface area contributed by atoms with Gasteiger partial charge in [-0.05, 0) is 12.1 Å². The predicted octanol–water partition coefficient (Wildman–Crippen LogP) is 2.69. The highest BCUT2D eigenvalue weighted by atomic mass is 79.9. The van der Waals surface area contributed by atoms with Crippen LogP contribution in [-0.4, -0.2) is 0 Å². The zero-order valence-corrected chi connectivity index (χ0v) is 10.8. The zero-order chi connectivity index (χ0) is 14.6. The molecule has 0 spiro atoms. The van der Waals surface area contributed by atoms with Gasteiger partial charge in [-0.15, -0.1) is 0 Å². The third-order valence-corrected chi connectivity index (χ3v) is 2.84. The van der Waals surface area contributed by atoms with E-state index < -0.39 is 11.7 Å². The third-order valence-electron chi connectivity index (χ3n) is 2.18. The van der Waals surface area contributed by atoms with E-state index in [4.69, 9.17) is 16.4 Å². The Kier molecular flexibility index (Phi) is 4.54. The minimum atomic E-state index is -4.48. The van der Waals surface area contributed by atoms with Crippen LogP contribution < -0.4 is 11.3 Å². The maximum absolute atomic E-state index is 12.5. The SMILES string of the molecule is N#CC(C#N)=C(NN)c1ccc(C(F)(F)F)cc1Br. The molecule has 98 valence electrons. The lowest BCUT2D eigenvalue weighted by atomic mass is 10.1. The fourth-order valence-corrected chi connectivity index (χ4v) is 1.89. The predicted molar refractivity (Wildman–Crippen MR) is 64.6 cm³/mol. The molecule has 0 aliphatic carbocycles. The first kappa shape index (κ1) is 15.0. The van der Waals surface area contributed by atoms with Crippen molar-refractivity contribution in [1.82, 2.24) is 5.43 Å². The number of benzene rings is 1. The summed E-state index contributed by atoms with van der Waals surface area (Å²) in [6.07, 6.45) is -4.48. The van der Waals surface area contributed by atoms with Gasteiger partial charge in [-0.3, -0.25) is 5.84 Å². The largest absolute Gasteiger partial charge is 0.416 e. The number of allylic oxidation sites excluding steroid dienone is 1. The van der Waals surface area contributed by atoms with E-state index in [2.05, 4.69) is 21.4 Å². The minimum Gasteiger partial charge on any atom is -0.322 e. The van der Waals surface area contributed by atoms with E-state index in [1.54, 1.807) is 12.1 Å². The zero-order valence-electron chi connectivity index (χ0n) is 9.22. The Morgan fingerprint density at radius 2 is 1.84 bits per heavy atom. The number of nitriles is 2. The highest BCUT2D eigenvalue weighted by molar-refractivity contribution is 9.10. The number of alkyl halides is 3. The quantitative estimate of drug-likeness (QED) is 0.496. The van der Waals surface area contributed by atoms with Crippen LogP contribution in [0.1, 0.15) is 11.1 Å². The van der Waals surface area contributed by atoms with Gasteiger partial charge in [0.2, 0.25) is 0 Å². The van der Waals surface area contributed by atoms with Crippen LogP contribution in [0, 0.1) is 22.7 Å². The molecule has 0 bridgehead atoms. The molecule has 0 saturated heterocycles. The Morgan fingerprint density at radius 3 is 2.21 bits per heavy atom. The summed E-state index contributed by atoms with van der Waals surface area (Å²) >= 11 is 2.96. The molecule has 0 saturated carbocycles. The van der Waals surface area contributed by atoms with Gasteiger partial charge in [-0.25, -0.2) is 0 Å². The molecule has 0 amide bonds. The Morgan fingerprint density at radius 1 is 1.26 bits per heavy atom. The average Bonchev–Trinajstić information content (AvgIpc) is 2.35. The number of halogens is 4. The second kappa shape index (κ2) is 5.74. The number of nitrogens with one attached hydrogen (secondary N) is 1. The van der Waals surface area contributed by atoms with Crippen molar-refractivity contribution in [2.75, 3.05) is 0 Å². The fraction of sp³-hybridized carbons (Fsp3) is 0.0909. The molecule has 4 nitrogen and oxygen atoms in total. The standard InChI is InChI=1S/C11H6BrF3N4/c12-9-3-7(11(13,14)15)1-2-8(9)10(19-18)6(4-16)5-17/h1-3,19H,18H2. The average molecular weight is 331 g/mol. The van der Waals surface area contributed by atoms with Crippen molar-refractivity contribution >= 4 is 21.6 Å². The van der Waals surface area contributed by atoms with E-state index in [1.165, 1.54) is 0 Å². The molecule has 1 rings (SSSR count). The van der Waals surface area contributed by atoms with Gasteiger partial charge in [-0.1, -0.05) is 22.0 Å². The molecule has 0 heterocycles. The topological polar surface area (TPSA) is 85.6 Å². The van der Waals surface area contributed by atoms with E-state index in [1.807, 2.05) is 0 Å². The van der Waals surface area contributed by atoms with Crippen LogP contribution in [0.15, 0.2) is 28.2 Å². The molecular formula is C11H6BrF3N4. The molecule has 8 heteroatoms. The van der Waals surface area contributed by atoms with Gasteiger partial charge >= 0.3 is 6.18 Å². The highest BCUT2D eigenvalue weighted by Crippen LogP contribution is 2.34. The lowest BCUT2D eigenvalue weighted by Crippen LogP contribution is -2.21. The minimum absolute atomic E-state index is 0.0504. The highest BCUT2D eigenvalue weighted by Gasteiger charge is 2.31. The Labute approximate surface area is 115 Å². The summed E-state index contributed by atoms with van der Waals surface area (Å²) < 4.78 is 37.6. The Hall–Kier alpha value is -2.03. The molecule has 0 fully saturated rings. The monoisotopic (exact) mass is 330 g/mol. The molecule has 0 unspecified atom stereocenters. The van der Waals surface area contributed by atoms with Gasteiger partial charge in [0, 0.05) is 10.0 Å². The van der Waals surface area contributed by atoms with Gasteiger partial charge in [0.15, 0.2) is 5.57 Å². The molecule has 1 aromatic carbocycles. The van der Waals surface area contributed by atoms with Crippen LogP contribution in [0.5, 0.6) is 0 Å². The molecule has 0 aliphatic rings. The first-order chi connectivity index (χ1) is 8.85. The number of hydrogen-bond acceptors (Lipinski definition) is 4. The third kappa shape index (κ3) is 3.25. The summed E-state index contributed by atoms with van der Waals surface area (Å²) in [4.78, 5) is 0. The second-order valence-corrected chi connectivity index (χ2v) is 4.16. The molecule has 0 aromatic heterocycles. The molecule has 0 radical (unpaired) electrons. The lowest BCUT2D eigenvalue weighted by Gasteiger charge is -2.12. The summed E-state index contributed by atoms with van der Waals surface area (Å²) in [6.45, 7) is 0. The van der Waals surface area contributed by atoms with Crippen LogP contribution in [0.25, 0.3) is 5.70 Å². The molecule has 3 N–H and O–H groups in total. The van der Waals surface area contributed by atoms with Crippen LogP contribution in [0.3, 0.4) is 0 Å². The van der Waals surface area contributed by atoms with Crippen molar-refractivity contribution in [2.24, 2.45) is 5.84 Å². The Bertz CT molecular complexity index is 592. The summed E-state index contributed by atoms with van der Waals surface area (Å²) in [5.41, 5.74) is 1.10.